The van der Waals surface area contributed by atoms with Crippen molar-refractivity contribution in [3.05, 3.63) is 58.3 Å². The van der Waals surface area contributed by atoms with Gasteiger partial charge in [0.2, 0.25) is 0 Å². The minimum atomic E-state index is -0.573. The zero-order valence-electron chi connectivity index (χ0n) is 16.7. The molecular weight excluding hydrogens is 374 g/mol. The summed E-state index contributed by atoms with van der Waals surface area (Å²) in [7, 11) is 0. The lowest BCUT2D eigenvalue weighted by Gasteiger charge is -2.17. The van der Waals surface area contributed by atoms with Crippen LogP contribution in [0.15, 0.2) is 48.5 Å². The van der Waals surface area contributed by atoms with E-state index in [1.165, 1.54) is 11.0 Å². The van der Waals surface area contributed by atoms with Crippen LogP contribution in [0.4, 0.5) is 0 Å². The van der Waals surface area contributed by atoms with Crippen molar-refractivity contribution in [3.8, 4) is 5.75 Å². The van der Waals surface area contributed by atoms with Crippen molar-refractivity contribution in [3.63, 3.8) is 0 Å². The molecule has 0 fully saturated rings. The molecule has 1 aromatic heterocycles. The normalized spacial score (nSPS) is 13.8. The van der Waals surface area contributed by atoms with Crippen LogP contribution in [0.3, 0.4) is 0 Å². The zero-order valence-corrected chi connectivity index (χ0v) is 17.5. The van der Waals surface area contributed by atoms with Gasteiger partial charge in [-0.2, -0.15) is 0 Å². The third kappa shape index (κ3) is 7.84. The Hall–Kier alpha value is -2.15. The lowest BCUT2D eigenvalue weighted by Crippen LogP contribution is -2.37. The van der Waals surface area contributed by atoms with E-state index >= 15 is 0 Å². The van der Waals surface area contributed by atoms with E-state index in [1.807, 2.05) is 43.3 Å². The predicted molar refractivity (Wildman–Crippen MR) is 114 cm³/mol. The topological polar surface area (TPSA) is 67.8 Å². The Morgan fingerprint density at radius 2 is 2.00 bits per heavy atom. The Labute approximate surface area is 171 Å². The van der Waals surface area contributed by atoms with E-state index in [4.69, 9.17) is 9.47 Å². The Bertz CT molecular complexity index is 757. The summed E-state index contributed by atoms with van der Waals surface area (Å²) in [6.07, 6.45) is 1.81. The van der Waals surface area contributed by atoms with Crippen LogP contribution in [-0.4, -0.2) is 43.0 Å². The van der Waals surface area contributed by atoms with E-state index < -0.39 is 6.10 Å². The van der Waals surface area contributed by atoms with Crippen molar-refractivity contribution in [2.24, 2.45) is 0 Å². The number of carbonyl (C=O) groups excluding carboxylic acids is 1. The Morgan fingerprint density at radius 1 is 1.25 bits per heavy atom. The number of para-hydroxylation sites is 1. The van der Waals surface area contributed by atoms with Gasteiger partial charge < -0.3 is 19.9 Å². The van der Waals surface area contributed by atoms with Crippen molar-refractivity contribution in [2.75, 3.05) is 19.8 Å². The van der Waals surface area contributed by atoms with Crippen molar-refractivity contribution in [1.29, 1.82) is 0 Å². The van der Waals surface area contributed by atoms with E-state index in [-0.39, 0.29) is 18.6 Å². The molecule has 0 aliphatic carbocycles. The van der Waals surface area contributed by atoms with E-state index in [0.29, 0.717) is 13.2 Å². The van der Waals surface area contributed by atoms with Gasteiger partial charge in [-0.15, -0.1) is 11.3 Å². The molecule has 2 unspecified atom stereocenters. The third-order valence-corrected chi connectivity index (χ3v) is 5.31. The number of hydrogen-bond donors (Lipinski definition) is 2. The van der Waals surface area contributed by atoms with E-state index in [2.05, 4.69) is 18.3 Å². The molecule has 152 valence electrons. The molecule has 2 N–H and O–H groups in total. The molecule has 2 atom stereocenters. The number of ether oxygens (including phenoxy) is 2. The highest BCUT2D eigenvalue weighted by Gasteiger charge is 2.11. The van der Waals surface area contributed by atoms with Crippen LogP contribution in [0.1, 0.15) is 30.5 Å². The van der Waals surface area contributed by atoms with Gasteiger partial charge in [0.25, 0.3) is 0 Å². The number of nitrogens with one attached hydrogen (secondary N) is 1. The van der Waals surface area contributed by atoms with Gasteiger partial charge in [0, 0.05) is 28.4 Å². The second kappa shape index (κ2) is 11.6. The molecule has 0 radical (unpaired) electrons. The molecular formula is C22H29NO4S. The average molecular weight is 404 g/mol. The highest BCUT2D eigenvalue weighted by atomic mass is 32.1. The average Bonchev–Trinajstić information content (AvgIpc) is 3.14. The summed E-state index contributed by atoms with van der Waals surface area (Å²) in [4.78, 5) is 13.9. The maximum absolute atomic E-state index is 11.6. The van der Waals surface area contributed by atoms with Gasteiger partial charge in [0.15, 0.2) is 0 Å². The van der Waals surface area contributed by atoms with Crippen LogP contribution in [-0.2, 0) is 16.0 Å². The molecule has 2 aromatic rings. The zero-order chi connectivity index (χ0) is 20.4. The summed E-state index contributed by atoms with van der Waals surface area (Å²) in [5, 5.41) is 13.4. The SMILES string of the molecule is CCOC(=O)C=C(C)c1ccc(CC(C)NCC(O)COc2ccccc2)s1. The minimum Gasteiger partial charge on any atom is -0.491 e. The number of aliphatic hydroxyl groups is 1. The monoisotopic (exact) mass is 403 g/mol. The summed E-state index contributed by atoms with van der Waals surface area (Å²) in [5.74, 6) is 0.448. The van der Waals surface area contributed by atoms with Crippen molar-refractivity contribution in [1.82, 2.24) is 5.32 Å². The first kappa shape index (κ1) is 22.1. The molecule has 2 rings (SSSR count). The van der Waals surface area contributed by atoms with Gasteiger partial charge >= 0.3 is 5.97 Å². The van der Waals surface area contributed by atoms with Gasteiger partial charge in [-0.1, -0.05) is 18.2 Å². The summed E-state index contributed by atoms with van der Waals surface area (Å²) >= 11 is 1.67. The summed E-state index contributed by atoms with van der Waals surface area (Å²) in [5.41, 5.74) is 0.906. The molecule has 5 nitrogen and oxygen atoms in total. The van der Waals surface area contributed by atoms with Crippen molar-refractivity contribution < 1.29 is 19.4 Å². The molecule has 0 aliphatic rings. The molecule has 28 heavy (non-hydrogen) atoms. The molecule has 0 amide bonds. The maximum atomic E-state index is 11.6. The van der Waals surface area contributed by atoms with Gasteiger partial charge in [0.1, 0.15) is 18.5 Å². The molecule has 0 saturated carbocycles. The fourth-order valence-electron chi connectivity index (χ4n) is 2.61. The Balaban J connectivity index is 1.74. The number of aliphatic hydroxyl groups excluding tert-OH is 1. The van der Waals surface area contributed by atoms with Crippen LogP contribution in [0.5, 0.6) is 5.75 Å². The second-order valence-electron chi connectivity index (χ2n) is 6.64. The van der Waals surface area contributed by atoms with Crippen LogP contribution < -0.4 is 10.1 Å². The largest absolute Gasteiger partial charge is 0.491 e. The molecule has 6 heteroatoms. The Morgan fingerprint density at radius 3 is 2.71 bits per heavy atom. The number of carbonyl (C=O) groups is 1. The Kier molecular flexibility index (Phi) is 9.20. The highest BCUT2D eigenvalue weighted by molar-refractivity contribution is 7.13. The summed E-state index contributed by atoms with van der Waals surface area (Å²) in [6.45, 7) is 6.90. The van der Waals surface area contributed by atoms with Crippen molar-refractivity contribution >= 4 is 22.9 Å². The highest BCUT2D eigenvalue weighted by Crippen LogP contribution is 2.25. The molecule has 0 saturated heterocycles. The number of thiophene rings is 1. The van der Waals surface area contributed by atoms with Crippen LogP contribution in [0.2, 0.25) is 0 Å². The predicted octanol–water partition coefficient (Wildman–Crippen LogP) is 3.68. The number of hydrogen-bond acceptors (Lipinski definition) is 6. The molecule has 0 bridgehead atoms. The first-order valence-electron chi connectivity index (χ1n) is 9.51. The molecule has 0 aliphatic heterocycles. The molecule has 0 spiro atoms. The number of benzene rings is 1. The first-order valence-corrected chi connectivity index (χ1v) is 10.3. The first-order chi connectivity index (χ1) is 13.5. The number of rotatable bonds is 11. The number of allylic oxidation sites excluding steroid dienone is 1. The standard InChI is InChI=1S/C22H29NO4S/c1-4-26-22(25)12-16(2)21-11-10-20(28-21)13-17(3)23-14-18(24)15-27-19-8-6-5-7-9-19/h5-12,17-18,23-24H,4,13-15H2,1-3H3. The smallest absolute Gasteiger partial charge is 0.331 e. The quantitative estimate of drug-likeness (QED) is 0.443. The summed E-state index contributed by atoms with van der Waals surface area (Å²) in [6, 6.07) is 13.8. The lowest BCUT2D eigenvalue weighted by molar-refractivity contribution is -0.137. The fraction of sp³-hybridized carbons (Fsp3) is 0.409. The lowest BCUT2D eigenvalue weighted by atomic mass is 10.2. The van der Waals surface area contributed by atoms with Gasteiger partial charge in [-0.25, -0.2) is 4.79 Å². The van der Waals surface area contributed by atoms with Gasteiger partial charge in [0.05, 0.1) is 6.61 Å². The van der Waals surface area contributed by atoms with Crippen LogP contribution >= 0.6 is 11.3 Å². The minimum absolute atomic E-state index is 0.215. The molecule has 1 heterocycles. The van der Waals surface area contributed by atoms with E-state index in [9.17, 15) is 9.90 Å². The van der Waals surface area contributed by atoms with Crippen LogP contribution in [0, 0.1) is 0 Å². The number of esters is 1. The van der Waals surface area contributed by atoms with Crippen LogP contribution in [0.25, 0.3) is 5.57 Å². The van der Waals surface area contributed by atoms with Gasteiger partial charge in [-0.3, -0.25) is 0 Å². The van der Waals surface area contributed by atoms with Gasteiger partial charge in [-0.05, 0) is 57.0 Å². The summed E-state index contributed by atoms with van der Waals surface area (Å²) < 4.78 is 10.5. The van der Waals surface area contributed by atoms with E-state index in [0.717, 1.165) is 22.6 Å². The molecule has 1 aromatic carbocycles. The third-order valence-electron chi connectivity index (χ3n) is 4.07. The van der Waals surface area contributed by atoms with E-state index in [1.54, 1.807) is 18.3 Å². The second-order valence-corrected chi connectivity index (χ2v) is 7.80. The maximum Gasteiger partial charge on any atom is 0.331 e. The fourth-order valence-corrected chi connectivity index (χ4v) is 3.72. The van der Waals surface area contributed by atoms with Crippen molar-refractivity contribution in [2.45, 2.75) is 39.3 Å².